The van der Waals surface area contributed by atoms with Crippen molar-refractivity contribution in [2.45, 2.75) is 51.4 Å². The van der Waals surface area contributed by atoms with Crippen molar-refractivity contribution in [1.29, 1.82) is 0 Å². The van der Waals surface area contributed by atoms with Gasteiger partial charge >= 0.3 is 5.97 Å². The van der Waals surface area contributed by atoms with Crippen LogP contribution >= 0.6 is 0 Å². The molecule has 3 fully saturated rings. The van der Waals surface area contributed by atoms with Gasteiger partial charge < -0.3 is 10.1 Å². The molecule has 1 aromatic carbocycles. The second-order valence-corrected chi connectivity index (χ2v) is 8.36. The number of allylic oxidation sites excluding steroid dienone is 1. The molecule has 0 bridgehead atoms. The maximum Gasteiger partial charge on any atom is 0.313 e. The zero-order valence-electron chi connectivity index (χ0n) is 15.3. The van der Waals surface area contributed by atoms with Gasteiger partial charge in [0.05, 0.1) is 12.0 Å². The number of benzene rings is 1. The molecule has 1 amide bonds. The molecule has 138 valence electrons. The number of hydrogen-bond acceptors (Lipinski definition) is 3. The Morgan fingerprint density at radius 1 is 1.23 bits per heavy atom. The number of rotatable bonds is 5. The molecule has 3 aliphatic rings. The van der Waals surface area contributed by atoms with Crippen molar-refractivity contribution >= 4 is 17.6 Å². The van der Waals surface area contributed by atoms with Crippen molar-refractivity contribution < 1.29 is 14.3 Å². The smallest absolute Gasteiger partial charge is 0.313 e. The largest absolute Gasteiger partial charge is 0.465 e. The van der Waals surface area contributed by atoms with Crippen LogP contribution in [0.15, 0.2) is 36.4 Å². The highest BCUT2D eigenvalue weighted by Gasteiger charge is 2.55. The molecule has 26 heavy (non-hydrogen) atoms. The molecule has 1 N–H and O–H groups in total. The fourth-order valence-corrected chi connectivity index (χ4v) is 5.02. The van der Waals surface area contributed by atoms with Gasteiger partial charge in [-0.3, -0.25) is 9.59 Å². The number of cyclic esters (lactones) is 1. The number of fused-ring (bicyclic) bond motifs is 1. The Labute approximate surface area is 155 Å². The maximum atomic E-state index is 12.4. The molecule has 1 saturated heterocycles. The first-order valence-electron chi connectivity index (χ1n) is 9.78. The zero-order valence-corrected chi connectivity index (χ0v) is 15.3. The number of hydrogen-bond donors (Lipinski definition) is 1. The lowest BCUT2D eigenvalue weighted by Gasteiger charge is -2.24. The van der Waals surface area contributed by atoms with E-state index in [2.05, 4.69) is 11.9 Å². The van der Waals surface area contributed by atoms with Gasteiger partial charge in [0.1, 0.15) is 0 Å². The average Bonchev–Trinajstić information content (AvgIpc) is 3.28. The number of carbonyl (C=O) groups is 2. The number of amides is 1. The first kappa shape index (κ1) is 17.3. The third-order valence-corrected chi connectivity index (χ3v) is 6.41. The predicted octanol–water partition coefficient (Wildman–Crippen LogP) is 4.26. The number of carbonyl (C=O) groups excluding carboxylic acids is 2. The van der Waals surface area contributed by atoms with Crippen molar-refractivity contribution in [2.75, 3.05) is 11.9 Å². The van der Waals surface area contributed by atoms with Crippen molar-refractivity contribution in [2.24, 2.45) is 17.3 Å². The summed E-state index contributed by atoms with van der Waals surface area (Å²) in [6, 6.07) is 7.92. The number of esters is 1. The lowest BCUT2D eigenvalue weighted by Crippen LogP contribution is -2.31. The van der Waals surface area contributed by atoms with Crippen molar-refractivity contribution in [3.05, 3.63) is 42.0 Å². The fourth-order valence-electron chi connectivity index (χ4n) is 5.02. The van der Waals surface area contributed by atoms with Crippen LogP contribution in [-0.2, 0) is 20.7 Å². The highest BCUT2D eigenvalue weighted by molar-refractivity contribution is 5.90. The SMILES string of the molecule is C=C1C[C@@H]2COC(=O)[C@]2(Cc2ccc(NC(=O)CC3CCCC3)cc2)C1. The van der Waals surface area contributed by atoms with Gasteiger partial charge in [-0.25, -0.2) is 0 Å². The number of nitrogens with one attached hydrogen (secondary N) is 1. The minimum atomic E-state index is -0.426. The van der Waals surface area contributed by atoms with Gasteiger partial charge in [0.25, 0.3) is 0 Å². The van der Waals surface area contributed by atoms with Gasteiger partial charge in [0, 0.05) is 18.0 Å². The quantitative estimate of drug-likeness (QED) is 0.636. The van der Waals surface area contributed by atoms with Crippen LogP contribution < -0.4 is 5.32 Å². The highest BCUT2D eigenvalue weighted by atomic mass is 16.5. The number of ether oxygens (including phenoxy) is 1. The van der Waals surface area contributed by atoms with E-state index in [1.54, 1.807) is 0 Å². The minimum Gasteiger partial charge on any atom is -0.465 e. The Morgan fingerprint density at radius 2 is 1.96 bits per heavy atom. The first-order chi connectivity index (χ1) is 12.5. The number of anilines is 1. The molecule has 1 aliphatic heterocycles. The normalized spacial score (nSPS) is 28.2. The molecule has 2 aliphatic carbocycles. The van der Waals surface area contributed by atoms with Crippen molar-refractivity contribution in [3.8, 4) is 0 Å². The van der Waals surface area contributed by atoms with E-state index in [9.17, 15) is 9.59 Å². The van der Waals surface area contributed by atoms with Crippen LogP contribution in [0.3, 0.4) is 0 Å². The molecular formula is C22H27NO3. The topological polar surface area (TPSA) is 55.4 Å². The lowest BCUT2D eigenvalue weighted by molar-refractivity contribution is -0.146. The first-order valence-corrected chi connectivity index (χ1v) is 9.78. The monoisotopic (exact) mass is 353 g/mol. The molecule has 0 unspecified atom stereocenters. The summed E-state index contributed by atoms with van der Waals surface area (Å²) in [5.74, 6) is 0.840. The minimum absolute atomic E-state index is 0.0740. The zero-order chi connectivity index (χ0) is 18.1. The van der Waals surface area contributed by atoms with Gasteiger partial charge in [-0.1, -0.05) is 37.1 Å². The third kappa shape index (κ3) is 3.29. The van der Waals surface area contributed by atoms with Crippen LogP contribution in [-0.4, -0.2) is 18.5 Å². The molecule has 4 nitrogen and oxygen atoms in total. The molecule has 0 spiro atoms. The van der Waals surface area contributed by atoms with Crippen LogP contribution in [0.2, 0.25) is 0 Å². The molecule has 2 atom stereocenters. The molecular weight excluding hydrogens is 326 g/mol. The van der Waals surface area contributed by atoms with E-state index >= 15 is 0 Å². The third-order valence-electron chi connectivity index (χ3n) is 6.41. The van der Waals surface area contributed by atoms with Crippen molar-refractivity contribution in [3.63, 3.8) is 0 Å². The Hall–Kier alpha value is -2.10. The molecule has 2 saturated carbocycles. The van der Waals surface area contributed by atoms with E-state index in [-0.39, 0.29) is 17.8 Å². The second kappa shape index (κ2) is 6.90. The lowest BCUT2D eigenvalue weighted by atomic mass is 9.75. The maximum absolute atomic E-state index is 12.4. The summed E-state index contributed by atoms with van der Waals surface area (Å²) in [6.07, 6.45) is 7.80. The standard InChI is InChI=1S/C22H27NO3/c1-15-10-18-14-26-21(25)22(18,12-15)13-17-6-8-19(9-7-17)23-20(24)11-16-4-2-3-5-16/h6-9,16,18H,1-5,10-14H2,(H,23,24)/t18-,22+/m1/s1. The highest BCUT2D eigenvalue weighted by Crippen LogP contribution is 2.52. The van der Waals surface area contributed by atoms with E-state index < -0.39 is 5.41 Å². The summed E-state index contributed by atoms with van der Waals surface area (Å²) in [6.45, 7) is 4.61. The van der Waals surface area contributed by atoms with Gasteiger partial charge in [-0.05, 0) is 55.7 Å². The van der Waals surface area contributed by atoms with Crippen molar-refractivity contribution in [1.82, 2.24) is 0 Å². The van der Waals surface area contributed by atoms with Crippen LogP contribution in [0.1, 0.15) is 50.5 Å². The van der Waals surface area contributed by atoms with Crippen LogP contribution in [0.5, 0.6) is 0 Å². The Kier molecular flexibility index (Phi) is 4.60. The van der Waals surface area contributed by atoms with Gasteiger partial charge in [0.15, 0.2) is 0 Å². The van der Waals surface area contributed by atoms with E-state index in [1.807, 2.05) is 24.3 Å². The van der Waals surface area contributed by atoms with E-state index in [1.165, 1.54) is 25.7 Å². The molecule has 4 rings (SSSR count). The average molecular weight is 353 g/mol. The van der Waals surface area contributed by atoms with Gasteiger partial charge in [-0.2, -0.15) is 0 Å². The summed E-state index contributed by atoms with van der Waals surface area (Å²) >= 11 is 0. The second-order valence-electron chi connectivity index (χ2n) is 8.36. The van der Waals surface area contributed by atoms with E-state index in [0.29, 0.717) is 25.4 Å². The van der Waals surface area contributed by atoms with Crippen LogP contribution in [0, 0.1) is 17.3 Å². The van der Waals surface area contributed by atoms with Gasteiger partial charge in [0.2, 0.25) is 5.91 Å². The predicted molar refractivity (Wildman–Crippen MR) is 101 cm³/mol. The summed E-state index contributed by atoms with van der Waals surface area (Å²) in [4.78, 5) is 24.6. The summed E-state index contributed by atoms with van der Waals surface area (Å²) in [7, 11) is 0. The molecule has 1 aromatic rings. The van der Waals surface area contributed by atoms with Gasteiger partial charge in [-0.15, -0.1) is 0 Å². The molecule has 0 radical (unpaired) electrons. The molecule has 4 heteroatoms. The Balaban J connectivity index is 1.39. The Bertz CT molecular complexity index is 717. The summed E-state index contributed by atoms with van der Waals surface area (Å²) in [5, 5.41) is 3.01. The van der Waals surface area contributed by atoms with Crippen LogP contribution in [0.4, 0.5) is 5.69 Å². The Morgan fingerprint density at radius 3 is 2.69 bits per heavy atom. The summed E-state index contributed by atoms with van der Waals surface area (Å²) < 4.78 is 5.35. The fraction of sp³-hybridized carbons (Fsp3) is 0.545. The molecule has 0 aromatic heterocycles. The van der Waals surface area contributed by atoms with E-state index in [4.69, 9.17) is 4.74 Å². The van der Waals surface area contributed by atoms with E-state index in [0.717, 1.165) is 29.7 Å². The van der Waals surface area contributed by atoms with Crippen LogP contribution in [0.25, 0.3) is 0 Å². The molecule has 1 heterocycles. The summed E-state index contributed by atoms with van der Waals surface area (Å²) in [5.41, 5.74) is 2.67.